The van der Waals surface area contributed by atoms with Crippen LogP contribution in [0, 0.1) is 11.6 Å². The van der Waals surface area contributed by atoms with Crippen LogP contribution in [0.2, 0.25) is 0 Å². The van der Waals surface area contributed by atoms with Crippen LogP contribution >= 0.6 is 0 Å². The number of benzene rings is 3. The van der Waals surface area contributed by atoms with Gasteiger partial charge in [-0.15, -0.1) is 0 Å². The van der Waals surface area contributed by atoms with E-state index in [4.69, 9.17) is 4.74 Å². The van der Waals surface area contributed by atoms with Gasteiger partial charge in [-0.1, -0.05) is 37.3 Å². The first-order valence-electron chi connectivity index (χ1n) is 10.2. The zero-order valence-electron chi connectivity index (χ0n) is 17.8. The van der Waals surface area contributed by atoms with Gasteiger partial charge in [0.1, 0.15) is 12.4 Å². The number of ether oxygens (including phenoxy) is 1. The summed E-state index contributed by atoms with van der Waals surface area (Å²) in [6.07, 6.45) is 0.864. The summed E-state index contributed by atoms with van der Waals surface area (Å²) in [4.78, 5) is 11.3. The summed E-state index contributed by atoms with van der Waals surface area (Å²) in [5.74, 6) is -2.60. The van der Waals surface area contributed by atoms with Gasteiger partial charge in [-0.3, -0.25) is 0 Å². The molecular weight excluding hydrogens is 452 g/mol. The van der Waals surface area contributed by atoms with Crippen molar-refractivity contribution in [1.29, 1.82) is 0 Å². The van der Waals surface area contributed by atoms with E-state index in [0.717, 1.165) is 17.7 Å². The number of carbonyl (C=O) groups is 1. The summed E-state index contributed by atoms with van der Waals surface area (Å²) in [6, 6.07) is 14.7. The molecule has 0 atom stereocenters. The first-order valence-corrected chi connectivity index (χ1v) is 11.7. The highest BCUT2D eigenvalue weighted by atomic mass is 32.2. The van der Waals surface area contributed by atoms with Crippen molar-refractivity contribution in [3.05, 3.63) is 94.6 Å². The van der Waals surface area contributed by atoms with Gasteiger partial charge >= 0.3 is 5.97 Å². The van der Waals surface area contributed by atoms with Crippen LogP contribution in [-0.2, 0) is 29.5 Å². The van der Waals surface area contributed by atoms with Crippen molar-refractivity contribution in [2.24, 2.45) is 0 Å². The van der Waals surface area contributed by atoms with Gasteiger partial charge in [0.25, 0.3) is 0 Å². The van der Waals surface area contributed by atoms with Gasteiger partial charge in [0, 0.05) is 12.1 Å². The van der Waals surface area contributed by atoms with Crippen molar-refractivity contribution in [3.8, 4) is 5.75 Å². The topological polar surface area (TPSA) is 92.7 Å². The molecule has 0 aliphatic heterocycles. The highest BCUT2D eigenvalue weighted by Crippen LogP contribution is 2.19. The second-order valence-corrected chi connectivity index (χ2v) is 9.04. The fourth-order valence-electron chi connectivity index (χ4n) is 3.22. The Kier molecular flexibility index (Phi) is 7.78. The molecule has 33 heavy (non-hydrogen) atoms. The van der Waals surface area contributed by atoms with E-state index in [0.29, 0.717) is 24.2 Å². The Bertz CT molecular complexity index is 1240. The molecule has 0 fully saturated rings. The molecule has 0 aliphatic rings. The maximum atomic E-state index is 13.7. The number of hydrogen-bond acceptors (Lipinski definition) is 4. The van der Waals surface area contributed by atoms with Crippen LogP contribution in [0.1, 0.15) is 34.0 Å². The van der Waals surface area contributed by atoms with Crippen LogP contribution < -0.4 is 9.46 Å². The third kappa shape index (κ3) is 6.15. The van der Waals surface area contributed by atoms with Crippen molar-refractivity contribution in [2.45, 2.75) is 31.3 Å². The van der Waals surface area contributed by atoms with Crippen LogP contribution in [-0.4, -0.2) is 26.0 Å². The summed E-state index contributed by atoms with van der Waals surface area (Å²) in [5, 5.41) is 9.30. The highest BCUT2D eigenvalue weighted by molar-refractivity contribution is 7.89. The molecule has 0 amide bonds. The molecule has 0 aromatic heterocycles. The minimum absolute atomic E-state index is 0.0333. The van der Waals surface area contributed by atoms with E-state index in [2.05, 4.69) is 4.72 Å². The zero-order valence-corrected chi connectivity index (χ0v) is 18.7. The lowest BCUT2D eigenvalue weighted by Gasteiger charge is -2.10. The van der Waals surface area contributed by atoms with E-state index in [1.165, 1.54) is 24.3 Å². The molecule has 0 aliphatic carbocycles. The molecule has 0 heterocycles. The maximum absolute atomic E-state index is 13.7. The Hall–Kier alpha value is -3.30. The molecule has 0 bridgehead atoms. The molecule has 0 saturated heterocycles. The predicted molar refractivity (Wildman–Crippen MR) is 119 cm³/mol. The van der Waals surface area contributed by atoms with Crippen LogP contribution in [0.25, 0.3) is 0 Å². The molecule has 0 spiro atoms. The number of halogens is 2. The molecule has 0 unspecified atom stereocenters. The second-order valence-electron chi connectivity index (χ2n) is 7.27. The van der Waals surface area contributed by atoms with Crippen LogP contribution in [0.15, 0.2) is 65.6 Å². The Labute approximate surface area is 190 Å². The number of carboxylic acids is 1. The highest BCUT2D eigenvalue weighted by Gasteiger charge is 2.18. The van der Waals surface area contributed by atoms with Crippen molar-refractivity contribution >= 4 is 16.0 Å². The normalized spacial score (nSPS) is 11.4. The number of aryl methyl sites for hydroxylation is 1. The lowest BCUT2D eigenvalue weighted by Crippen LogP contribution is -2.26. The summed E-state index contributed by atoms with van der Waals surface area (Å²) in [7, 11) is -3.87. The molecular formula is C24H23F2NO5S. The van der Waals surface area contributed by atoms with Crippen molar-refractivity contribution in [2.75, 3.05) is 6.54 Å². The van der Waals surface area contributed by atoms with Gasteiger partial charge in [0.2, 0.25) is 10.0 Å². The smallest absolute Gasteiger partial charge is 0.336 e. The molecule has 9 heteroatoms. The third-order valence-electron chi connectivity index (χ3n) is 5.06. The van der Waals surface area contributed by atoms with Gasteiger partial charge in [-0.25, -0.2) is 26.7 Å². The van der Waals surface area contributed by atoms with Crippen molar-refractivity contribution < 1.29 is 31.8 Å². The minimum atomic E-state index is -3.87. The monoisotopic (exact) mass is 475 g/mol. The van der Waals surface area contributed by atoms with E-state index in [1.807, 2.05) is 0 Å². The molecule has 174 valence electrons. The Morgan fingerprint density at radius 3 is 2.42 bits per heavy atom. The van der Waals surface area contributed by atoms with Gasteiger partial charge in [-0.2, -0.15) is 0 Å². The molecule has 3 aromatic carbocycles. The van der Waals surface area contributed by atoms with Crippen LogP contribution in [0.5, 0.6) is 5.75 Å². The average Bonchev–Trinajstić information content (AvgIpc) is 2.80. The number of aromatic carboxylic acids is 1. The first kappa shape index (κ1) is 24.3. The quantitative estimate of drug-likeness (QED) is 0.456. The van der Waals surface area contributed by atoms with Gasteiger partial charge in [-0.05, 0) is 54.3 Å². The van der Waals surface area contributed by atoms with E-state index >= 15 is 0 Å². The summed E-state index contributed by atoms with van der Waals surface area (Å²) >= 11 is 0. The Morgan fingerprint density at radius 2 is 1.76 bits per heavy atom. The van der Waals surface area contributed by atoms with Gasteiger partial charge in [0.15, 0.2) is 11.6 Å². The molecule has 3 aromatic rings. The fourth-order valence-corrected chi connectivity index (χ4v) is 4.27. The number of hydrogen-bond donors (Lipinski definition) is 2. The maximum Gasteiger partial charge on any atom is 0.336 e. The van der Waals surface area contributed by atoms with E-state index in [-0.39, 0.29) is 29.2 Å². The average molecular weight is 476 g/mol. The molecule has 0 saturated carbocycles. The number of nitrogens with one attached hydrogen (secondary N) is 1. The lowest BCUT2D eigenvalue weighted by atomic mass is 10.1. The summed E-state index contributed by atoms with van der Waals surface area (Å²) in [6.45, 7) is 1.77. The van der Waals surface area contributed by atoms with Crippen molar-refractivity contribution in [1.82, 2.24) is 4.72 Å². The van der Waals surface area contributed by atoms with E-state index in [1.54, 1.807) is 31.2 Å². The first-order chi connectivity index (χ1) is 15.7. The molecule has 2 N–H and O–H groups in total. The van der Waals surface area contributed by atoms with Gasteiger partial charge < -0.3 is 9.84 Å². The lowest BCUT2D eigenvalue weighted by molar-refractivity contribution is 0.0695. The Balaban J connectivity index is 1.56. The standard InChI is InChI=1S/C24H23F2NO5S/c1-2-17-8-11-20(14-21(17)24(28)29)33(30,31)27-13-12-16-6-9-19(10-7-16)32-15-18-4-3-5-22(25)23(18)26/h3-11,14,27H,2,12-13,15H2,1H3,(H,28,29). The number of rotatable bonds is 10. The van der Waals surface area contributed by atoms with Gasteiger partial charge in [0.05, 0.1) is 10.5 Å². The zero-order chi connectivity index (χ0) is 24.0. The fraction of sp³-hybridized carbons (Fsp3) is 0.208. The third-order valence-corrected chi connectivity index (χ3v) is 6.52. The number of sulfonamides is 1. The minimum Gasteiger partial charge on any atom is -0.489 e. The SMILES string of the molecule is CCc1ccc(S(=O)(=O)NCCc2ccc(OCc3cccc(F)c3F)cc2)cc1C(=O)O. The molecule has 6 nitrogen and oxygen atoms in total. The largest absolute Gasteiger partial charge is 0.489 e. The van der Waals surface area contributed by atoms with E-state index < -0.39 is 27.6 Å². The second kappa shape index (κ2) is 10.5. The Morgan fingerprint density at radius 1 is 1.03 bits per heavy atom. The summed E-state index contributed by atoms with van der Waals surface area (Å²) in [5.41, 5.74) is 1.46. The predicted octanol–water partition coefficient (Wildman–Crippen LogP) is 4.33. The van der Waals surface area contributed by atoms with Crippen LogP contribution in [0.3, 0.4) is 0 Å². The molecule has 3 rings (SSSR count). The summed E-state index contributed by atoms with van der Waals surface area (Å²) < 4.78 is 60.0. The van der Waals surface area contributed by atoms with E-state index in [9.17, 15) is 27.1 Å². The molecule has 0 radical (unpaired) electrons. The van der Waals surface area contributed by atoms with Crippen molar-refractivity contribution in [3.63, 3.8) is 0 Å². The number of carboxylic acid groups (broad SMARTS) is 1. The van der Waals surface area contributed by atoms with Crippen LogP contribution in [0.4, 0.5) is 8.78 Å².